The van der Waals surface area contributed by atoms with Gasteiger partial charge >= 0.3 is 0 Å². The number of nitrogens with one attached hydrogen (secondary N) is 1. The molecule has 5 aromatic rings. The van der Waals surface area contributed by atoms with Crippen LogP contribution < -0.4 is 10.9 Å². The van der Waals surface area contributed by atoms with Crippen molar-refractivity contribution in [1.82, 2.24) is 19.4 Å². The molecule has 0 radical (unpaired) electrons. The normalized spacial score (nSPS) is 20.4. The number of rotatable bonds is 6. The van der Waals surface area contributed by atoms with E-state index in [-0.39, 0.29) is 17.4 Å². The molecular weight excluding hydrogens is 537 g/mol. The molecule has 2 saturated heterocycles. The van der Waals surface area contributed by atoms with E-state index in [0.29, 0.717) is 50.9 Å². The quantitative estimate of drug-likeness (QED) is 0.244. The molecule has 4 heterocycles. The highest BCUT2D eigenvalue weighted by Gasteiger charge is 2.40. The number of piperidine rings is 1. The molecule has 0 aliphatic carbocycles. The second-order valence-electron chi connectivity index (χ2n) is 11.0. The van der Waals surface area contributed by atoms with Gasteiger partial charge in [-0.1, -0.05) is 60.1 Å². The molecule has 2 aromatic heterocycles. The topological polar surface area (TPSA) is 63.1 Å². The minimum absolute atomic E-state index is 0.241. The summed E-state index contributed by atoms with van der Waals surface area (Å²) in [4.78, 5) is 26.1. The van der Waals surface area contributed by atoms with Gasteiger partial charge in [-0.05, 0) is 67.6 Å². The molecule has 2 bridgehead atoms. The van der Waals surface area contributed by atoms with Gasteiger partial charge in [0.05, 0.1) is 5.69 Å². The third-order valence-corrected chi connectivity index (χ3v) is 8.75. The van der Waals surface area contributed by atoms with Crippen LogP contribution in [0, 0.1) is 5.82 Å². The number of halogens is 2. The van der Waals surface area contributed by atoms with Crippen LogP contribution in [-0.2, 0) is 6.54 Å². The van der Waals surface area contributed by atoms with Gasteiger partial charge in [-0.15, -0.1) is 0 Å². The standard InChI is InChI=1S/C33H29ClFN5O/c34-30-9-5-4-8-28(30)29-16-22-19-36-33(38-31(22)40(32(29)41)25-12-10-23(35)11-13-25)37-24-17-26-14-15-27(18-24)39(26)20-21-6-2-1-3-7-21/h1-13,16,19,24,26-27H,14-15,17-18,20H2,(H,36,37,38). The van der Waals surface area contributed by atoms with Crippen LogP contribution in [0.2, 0.25) is 5.02 Å². The molecule has 0 saturated carbocycles. The van der Waals surface area contributed by atoms with E-state index in [1.54, 1.807) is 30.5 Å². The molecule has 6 nitrogen and oxygen atoms in total. The summed E-state index contributed by atoms with van der Waals surface area (Å²) in [6.45, 7) is 0.979. The Hall–Kier alpha value is -4.07. The highest BCUT2D eigenvalue weighted by molar-refractivity contribution is 6.33. The number of benzene rings is 3. The fourth-order valence-electron chi connectivity index (χ4n) is 6.50. The van der Waals surface area contributed by atoms with Crippen LogP contribution in [0.15, 0.2) is 95.9 Å². The van der Waals surface area contributed by atoms with E-state index in [0.717, 1.165) is 19.4 Å². The summed E-state index contributed by atoms with van der Waals surface area (Å²) in [5.74, 6) is 0.109. The maximum absolute atomic E-state index is 13.9. The molecule has 8 heteroatoms. The van der Waals surface area contributed by atoms with Crippen LogP contribution in [0.4, 0.5) is 10.3 Å². The number of hydrogen-bond donors (Lipinski definition) is 1. The van der Waals surface area contributed by atoms with Gasteiger partial charge in [-0.2, -0.15) is 4.98 Å². The van der Waals surface area contributed by atoms with Crippen molar-refractivity contribution in [3.63, 3.8) is 0 Å². The second-order valence-corrected chi connectivity index (χ2v) is 11.4. The van der Waals surface area contributed by atoms with Gasteiger partial charge in [0, 0.05) is 52.4 Å². The molecule has 2 aliphatic heterocycles. The number of nitrogens with zero attached hydrogens (tertiary/aromatic N) is 4. The zero-order chi connectivity index (χ0) is 27.9. The number of anilines is 1. The van der Waals surface area contributed by atoms with Crippen molar-refractivity contribution in [3.8, 4) is 16.8 Å². The fourth-order valence-corrected chi connectivity index (χ4v) is 6.73. The van der Waals surface area contributed by atoms with Gasteiger partial charge < -0.3 is 5.32 Å². The Balaban J connectivity index is 1.22. The van der Waals surface area contributed by atoms with Crippen LogP contribution in [0.25, 0.3) is 27.8 Å². The van der Waals surface area contributed by atoms with Crippen molar-refractivity contribution in [3.05, 3.63) is 118 Å². The van der Waals surface area contributed by atoms with Gasteiger partial charge in [-0.3, -0.25) is 14.3 Å². The van der Waals surface area contributed by atoms with E-state index in [9.17, 15) is 9.18 Å². The lowest BCUT2D eigenvalue weighted by atomic mass is 9.96. The Kier molecular flexibility index (Phi) is 6.77. The number of fused-ring (bicyclic) bond motifs is 3. The monoisotopic (exact) mass is 565 g/mol. The number of hydrogen-bond acceptors (Lipinski definition) is 5. The highest BCUT2D eigenvalue weighted by atomic mass is 35.5. The molecule has 41 heavy (non-hydrogen) atoms. The Morgan fingerprint density at radius 2 is 1.61 bits per heavy atom. The molecular formula is C33H29ClFN5O. The molecule has 2 aliphatic rings. The summed E-state index contributed by atoms with van der Waals surface area (Å²) in [6.07, 6.45) is 6.16. The fraction of sp³-hybridized carbons (Fsp3) is 0.242. The molecule has 3 aromatic carbocycles. The first-order chi connectivity index (χ1) is 20.0. The van der Waals surface area contributed by atoms with E-state index < -0.39 is 0 Å². The van der Waals surface area contributed by atoms with Crippen LogP contribution in [0.5, 0.6) is 0 Å². The lowest BCUT2D eigenvalue weighted by molar-refractivity contribution is 0.124. The van der Waals surface area contributed by atoms with Crippen molar-refractivity contribution in [2.75, 3.05) is 5.32 Å². The van der Waals surface area contributed by atoms with Crippen LogP contribution >= 0.6 is 11.6 Å². The summed E-state index contributed by atoms with van der Waals surface area (Å²) in [6, 6.07) is 26.8. The van der Waals surface area contributed by atoms with Crippen LogP contribution in [-0.4, -0.2) is 37.6 Å². The van der Waals surface area contributed by atoms with Crippen LogP contribution in [0.3, 0.4) is 0 Å². The molecule has 1 N–H and O–H groups in total. The number of pyridine rings is 1. The van der Waals surface area contributed by atoms with Gasteiger partial charge in [-0.25, -0.2) is 9.37 Å². The van der Waals surface area contributed by atoms with E-state index in [1.165, 1.54) is 35.1 Å². The van der Waals surface area contributed by atoms with Gasteiger partial charge in [0.15, 0.2) is 5.65 Å². The smallest absolute Gasteiger partial charge is 0.264 e. The zero-order valence-corrected chi connectivity index (χ0v) is 23.1. The summed E-state index contributed by atoms with van der Waals surface area (Å²) in [7, 11) is 0. The van der Waals surface area contributed by atoms with Crippen LogP contribution in [0.1, 0.15) is 31.2 Å². The minimum Gasteiger partial charge on any atom is -0.351 e. The summed E-state index contributed by atoms with van der Waals surface area (Å²) >= 11 is 6.48. The van der Waals surface area contributed by atoms with E-state index in [1.807, 2.05) is 18.2 Å². The third kappa shape index (κ3) is 5.00. The Morgan fingerprint density at radius 3 is 2.34 bits per heavy atom. The molecule has 0 amide bonds. The lowest BCUT2D eigenvalue weighted by Crippen LogP contribution is -2.46. The van der Waals surface area contributed by atoms with E-state index >= 15 is 0 Å². The average molecular weight is 566 g/mol. The first kappa shape index (κ1) is 25.9. The average Bonchev–Trinajstić information content (AvgIpc) is 3.21. The highest BCUT2D eigenvalue weighted by Crippen LogP contribution is 2.38. The van der Waals surface area contributed by atoms with Gasteiger partial charge in [0.2, 0.25) is 5.95 Å². The Morgan fingerprint density at radius 1 is 0.902 bits per heavy atom. The molecule has 0 spiro atoms. The maximum Gasteiger partial charge on any atom is 0.264 e. The van der Waals surface area contributed by atoms with Crippen molar-refractivity contribution in [2.45, 2.75) is 50.4 Å². The third-order valence-electron chi connectivity index (χ3n) is 8.42. The van der Waals surface area contributed by atoms with E-state index in [2.05, 4.69) is 45.5 Å². The molecule has 2 fully saturated rings. The first-order valence-electron chi connectivity index (χ1n) is 14.0. The molecule has 2 atom stereocenters. The first-order valence-corrected chi connectivity index (χ1v) is 14.4. The summed E-state index contributed by atoms with van der Waals surface area (Å²) in [5.41, 5.74) is 3.10. The second kappa shape index (κ2) is 10.7. The lowest BCUT2D eigenvalue weighted by Gasteiger charge is -2.39. The van der Waals surface area contributed by atoms with Crippen molar-refractivity contribution in [1.29, 1.82) is 0 Å². The Labute approximate surface area is 242 Å². The molecule has 7 rings (SSSR count). The zero-order valence-electron chi connectivity index (χ0n) is 22.4. The summed E-state index contributed by atoms with van der Waals surface area (Å²) in [5, 5.41) is 4.74. The molecule has 206 valence electrons. The van der Waals surface area contributed by atoms with Gasteiger partial charge in [0.1, 0.15) is 5.82 Å². The predicted octanol–water partition coefficient (Wildman–Crippen LogP) is 6.85. The summed E-state index contributed by atoms with van der Waals surface area (Å²) < 4.78 is 15.3. The molecule has 2 unspecified atom stereocenters. The minimum atomic E-state index is -0.376. The SMILES string of the molecule is O=c1c(-c2ccccc2Cl)cc2cnc(NC3CC4CCC(C3)N4Cc3ccccc3)nc2n1-c1ccc(F)cc1. The van der Waals surface area contributed by atoms with Crippen molar-refractivity contribution in [2.24, 2.45) is 0 Å². The van der Waals surface area contributed by atoms with Gasteiger partial charge in [0.25, 0.3) is 5.56 Å². The van der Waals surface area contributed by atoms with Crippen molar-refractivity contribution < 1.29 is 4.39 Å². The maximum atomic E-state index is 13.9. The van der Waals surface area contributed by atoms with E-state index in [4.69, 9.17) is 16.6 Å². The Bertz CT molecular complexity index is 1760. The number of aromatic nitrogens is 3. The predicted molar refractivity (Wildman–Crippen MR) is 161 cm³/mol. The largest absolute Gasteiger partial charge is 0.351 e. The van der Waals surface area contributed by atoms with Crippen molar-refractivity contribution >= 4 is 28.6 Å².